The minimum Gasteiger partial charge on any atom is -0.497 e. The summed E-state index contributed by atoms with van der Waals surface area (Å²) in [6.45, 7) is 1.31. The van der Waals surface area contributed by atoms with Crippen LogP contribution < -0.4 is 15.4 Å². The van der Waals surface area contributed by atoms with Gasteiger partial charge in [-0.3, -0.25) is 24.5 Å². The molecule has 2 amide bonds. The molecule has 0 bridgehead atoms. The van der Waals surface area contributed by atoms with Gasteiger partial charge in [-0.15, -0.1) is 0 Å². The lowest BCUT2D eigenvalue weighted by atomic mass is 10.2. The number of carbonyl (C=O) groups excluding carboxylic acids is 4. The Labute approximate surface area is 200 Å². The molecule has 2 rings (SSSR count). The molecule has 0 aliphatic rings. The molecule has 0 atom stereocenters. The molecule has 0 saturated heterocycles. The molecular formula is C23H25N3O9. The van der Waals surface area contributed by atoms with E-state index in [1.807, 2.05) is 0 Å². The van der Waals surface area contributed by atoms with Crippen molar-refractivity contribution in [3.05, 3.63) is 58.1 Å². The van der Waals surface area contributed by atoms with E-state index >= 15 is 0 Å². The van der Waals surface area contributed by atoms with Crippen LogP contribution in [-0.2, 0) is 23.9 Å². The molecular weight excluding hydrogens is 462 g/mol. The number of benzene rings is 2. The molecule has 0 saturated carbocycles. The topological polar surface area (TPSA) is 163 Å². The minimum absolute atomic E-state index is 0.0247. The number of methoxy groups -OCH3 is 1. The van der Waals surface area contributed by atoms with Crippen molar-refractivity contribution < 1.29 is 38.3 Å². The lowest BCUT2D eigenvalue weighted by Crippen LogP contribution is -2.21. The van der Waals surface area contributed by atoms with Crippen molar-refractivity contribution in [2.75, 3.05) is 31.0 Å². The molecule has 0 aliphatic heterocycles. The lowest BCUT2D eigenvalue weighted by molar-refractivity contribution is -0.383. The van der Waals surface area contributed by atoms with Gasteiger partial charge in [0, 0.05) is 30.7 Å². The normalized spacial score (nSPS) is 10.1. The Morgan fingerprint density at radius 2 is 1.66 bits per heavy atom. The van der Waals surface area contributed by atoms with Crippen LogP contribution in [0, 0.1) is 10.1 Å². The van der Waals surface area contributed by atoms with Crippen LogP contribution in [0.3, 0.4) is 0 Å². The van der Waals surface area contributed by atoms with Gasteiger partial charge in [0.25, 0.3) is 11.6 Å². The van der Waals surface area contributed by atoms with Gasteiger partial charge in [-0.25, -0.2) is 4.79 Å². The van der Waals surface area contributed by atoms with Gasteiger partial charge in [-0.05, 0) is 43.7 Å². The first kappa shape index (κ1) is 26.8. The van der Waals surface area contributed by atoms with Crippen LogP contribution >= 0.6 is 0 Å². The fourth-order valence-electron chi connectivity index (χ4n) is 2.83. The summed E-state index contributed by atoms with van der Waals surface area (Å²) in [6.07, 6.45) is 0.0906. The number of nitrogens with zero attached hydrogens (tertiary/aromatic N) is 1. The summed E-state index contributed by atoms with van der Waals surface area (Å²) in [5, 5.41) is 16.1. The molecule has 0 unspecified atom stereocenters. The standard InChI is InChI=1S/C23H25N3O9/c1-3-34-23(30)15-7-9-16(10-8-15)24-20(27)5-4-6-22(29)35-14-21(28)25-18-13-17(33-2)11-12-19(18)26(31)32/h7-13H,3-6,14H2,1-2H3,(H,24,27)(H,25,28). The summed E-state index contributed by atoms with van der Waals surface area (Å²) in [5.41, 5.74) is 0.404. The van der Waals surface area contributed by atoms with Crippen molar-refractivity contribution >= 4 is 40.8 Å². The van der Waals surface area contributed by atoms with Crippen molar-refractivity contribution in [2.45, 2.75) is 26.2 Å². The molecule has 0 heterocycles. The van der Waals surface area contributed by atoms with Crippen molar-refractivity contribution in [1.82, 2.24) is 0 Å². The van der Waals surface area contributed by atoms with E-state index in [2.05, 4.69) is 10.6 Å². The zero-order valence-electron chi connectivity index (χ0n) is 19.2. The first-order chi connectivity index (χ1) is 16.7. The second-order valence-electron chi connectivity index (χ2n) is 7.05. The maximum absolute atomic E-state index is 12.0. The number of hydrogen-bond acceptors (Lipinski definition) is 9. The number of carbonyl (C=O) groups is 4. The van der Waals surface area contributed by atoms with Crippen molar-refractivity contribution in [3.8, 4) is 5.75 Å². The first-order valence-electron chi connectivity index (χ1n) is 10.6. The van der Waals surface area contributed by atoms with E-state index in [4.69, 9.17) is 14.2 Å². The number of ether oxygens (including phenoxy) is 3. The van der Waals surface area contributed by atoms with Crippen molar-refractivity contribution in [3.63, 3.8) is 0 Å². The maximum atomic E-state index is 12.0. The molecule has 186 valence electrons. The second-order valence-corrected chi connectivity index (χ2v) is 7.05. The first-order valence-corrected chi connectivity index (χ1v) is 10.6. The summed E-state index contributed by atoms with van der Waals surface area (Å²) in [4.78, 5) is 58.0. The number of anilines is 2. The molecule has 0 radical (unpaired) electrons. The smallest absolute Gasteiger partial charge is 0.338 e. The summed E-state index contributed by atoms with van der Waals surface area (Å²) in [5.74, 6) is -1.97. The molecule has 12 nitrogen and oxygen atoms in total. The van der Waals surface area contributed by atoms with E-state index in [0.29, 0.717) is 17.0 Å². The van der Waals surface area contributed by atoms with Crippen molar-refractivity contribution in [1.29, 1.82) is 0 Å². The largest absolute Gasteiger partial charge is 0.497 e. The van der Waals surface area contributed by atoms with Crippen LogP contribution in [0.25, 0.3) is 0 Å². The van der Waals surface area contributed by atoms with Gasteiger partial charge in [0.05, 0.1) is 24.2 Å². The number of esters is 2. The van der Waals surface area contributed by atoms with Gasteiger partial charge < -0.3 is 24.8 Å². The van der Waals surface area contributed by atoms with Crippen LogP contribution in [0.15, 0.2) is 42.5 Å². The molecule has 2 aromatic carbocycles. The summed E-state index contributed by atoms with van der Waals surface area (Å²) in [7, 11) is 1.37. The summed E-state index contributed by atoms with van der Waals surface area (Å²) < 4.78 is 14.7. The summed E-state index contributed by atoms with van der Waals surface area (Å²) >= 11 is 0. The van der Waals surface area contributed by atoms with E-state index in [9.17, 15) is 29.3 Å². The van der Waals surface area contributed by atoms with Crippen LogP contribution in [0.5, 0.6) is 5.75 Å². The van der Waals surface area contributed by atoms with E-state index in [0.717, 1.165) is 0 Å². The SMILES string of the molecule is CCOC(=O)c1ccc(NC(=O)CCCC(=O)OCC(=O)Nc2cc(OC)ccc2[N+](=O)[O-])cc1. The Balaban J connectivity index is 1.73. The molecule has 35 heavy (non-hydrogen) atoms. The zero-order chi connectivity index (χ0) is 25.8. The van der Waals surface area contributed by atoms with E-state index in [1.54, 1.807) is 19.1 Å². The third-order valence-electron chi connectivity index (χ3n) is 4.50. The van der Waals surface area contributed by atoms with Gasteiger partial charge >= 0.3 is 11.9 Å². The Morgan fingerprint density at radius 1 is 0.943 bits per heavy atom. The highest BCUT2D eigenvalue weighted by molar-refractivity contribution is 5.95. The average Bonchev–Trinajstić information content (AvgIpc) is 2.83. The maximum Gasteiger partial charge on any atom is 0.338 e. The molecule has 0 spiro atoms. The Kier molecular flexibility index (Phi) is 10.2. The van der Waals surface area contributed by atoms with E-state index in [1.165, 1.54) is 37.4 Å². The molecule has 12 heteroatoms. The van der Waals surface area contributed by atoms with E-state index in [-0.39, 0.29) is 43.2 Å². The highest BCUT2D eigenvalue weighted by atomic mass is 16.6. The predicted octanol–water partition coefficient (Wildman–Crippen LogP) is 3.07. The molecule has 0 aliphatic carbocycles. The third kappa shape index (κ3) is 8.76. The number of amides is 2. The molecule has 2 aromatic rings. The Hall–Kier alpha value is -4.48. The van der Waals surface area contributed by atoms with Crippen molar-refractivity contribution in [2.24, 2.45) is 0 Å². The van der Waals surface area contributed by atoms with E-state index < -0.39 is 29.4 Å². The monoisotopic (exact) mass is 487 g/mol. The van der Waals surface area contributed by atoms with Gasteiger partial charge in [-0.1, -0.05) is 0 Å². The zero-order valence-corrected chi connectivity index (χ0v) is 19.2. The number of rotatable bonds is 12. The van der Waals surface area contributed by atoms with Crippen LogP contribution in [0.4, 0.5) is 17.1 Å². The minimum atomic E-state index is -0.765. The molecule has 2 N–H and O–H groups in total. The Bertz CT molecular complexity index is 1080. The lowest BCUT2D eigenvalue weighted by Gasteiger charge is -2.09. The van der Waals surface area contributed by atoms with Crippen LogP contribution in [-0.4, -0.2) is 49.0 Å². The number of nitro benzene ring substituents is 1. The fraction of sp³-hybridized carbons (Fsp3) is 0.304. The number of nitrogens with one attached hydrogen (secondary N) is 2. The number of nitro groups is 1. The number of hydrogen-bond donors (Lipinski definition) is 2. The van der Waals surface area contributed by atoms with Gasteiger partial charge in [-0.2, -0.15) is 0 Å². The average molecular weight is 487 g/mol. The van der Waals surface area contributed by atoms with Gasteiger partial charge in [0.2, 0.25) is 5.91 Å². The third-order valence-corrected chi connectivity index (χ3v) is 4.50. The Morgan fingerprint density at radius 3 is 2.29 bits per heavy atom. The highest BCUT2D eigenvalue weighted by Crippen LogP contribution is 2.28. The van der Waals surface area contributed by atoms with Gasteiger partial charge in [0.1, 0.15) is 11.4 Å². The highest BCUT2D eigenvalue weighted by Gasteiger charge is 2.18. The quantitative estimate of drug-likeness (QED) is 0.260. The molecule has 0 fully saturated rings. The summed E-state index contributed by atoms with van der Waals surface area (Å²) in [6, 6.07) is 10.0. The molecule has 0 aromatic heterocycles. The fourth-order valence-corrected chi connectivity index (χ4v) is 2.83. The predicted molar refractivity (Wildman–Crippen MR) is 124 cm³/mol. The van der Waals surface area contributed by atoms with Crippen LogP contribution in [0.1, 0.15) is 36.5 Å². The van der Waals surface area contributed by atoms with Gasteiger partial charge in [0.15, 0.2) is 6.61 Å². The second kappa shape index (κ2) is 13.3. The van der Waals surface area contributed by atoms with Crippen LogP contribution in [0.2, 0.25) is 0 Å².